The predicted molar refractivity (Wildman–Crippen MR) is 40.7 cm³/mol. The van der Waals surface area contributed by atoms with Gasteiger partial charge in [0.05, 0.1) is 4.11 Å². The molecule has 1 aromatic carbocycles. The second kappa shape index (κ2) is 2.22. The zero-order valence-electron chi connectivity index (χ0n) is 11.5. The highest BCUT2D eigenvalue weighted by atomic mass is 13.9. The van der Waals surface area contributed by atoms with Gasteiger partial charge in [0.15, 0.2) is 0 Å². The minimum Gasteiger partial charge on any atom is -0.0590 e. The van der Waals surface area contributed by atoms with Crippen molar-refractivity contribution < 1.29 is 8.22 Å². The molecule has 0 nitrogen and oxygen atoms in total. The van der Waals surface area contributed by atoms with Gasteiger partial charge in [0, 0.05) is 4.11 Å². The molecule has 0 spiro atoms. The lowest BCUT2D eigenvalue weighted by Crippen LogP contribution is -1.79. The minimum atomic E-state index is -2.43. The van der Waals surface area contributed by atoms with Crippen LogP contribution in [0.3, 0.4) is 0 Å². The molecular formula is C9H12. The van der Waals surface area contributed by atoms with Crippen LogP contribution in [0, 0.1) is 20.7 Å². The Morgan fingerprint density at radius 3 is 2.78 bits per heavy atom. The van der Waals surface area contributed by atoms with E-state index in [4.69, 9.17) is 8.22 Å². The summed E-state index contributed by atoms with van der Waals surface area (Å²) in [6.07, 6.45) is 0. The quantitative estimate of drug-likeness (QED) is 0.501. The molecule has 0 amide bonds. The van der Waals surface area contributed by atoms with E-state index in [-0.39, 0.29) is 29.3 Å². The van der Waals surface area contributed by atoms with E-state index in [1.54, 1.807) is 6.92 Å². The van der Waals surface area contributed by atoms with Gasteiger partial charge in [-0.25, -0.2) is 0 Å². The van der Waals surface area contributed by atoms with Gasteiger partial charge in [-0.1, -0.05) is 23.7 Å². The van der Waals surface area contributed by atoms with Gasteiger partial charge in [0.1, 0.15) is 0 Å². The predicted octanol–water partition coefficient (Wildman–Crippen LogP) is 2.61. The lowest BCUT2D eigenvalue weighted by molar-refractivity contribution is 1.30. The molecule has 48 valence electrons. The SMILES string of the molecule is [2H]c1c([2H])c(C([2H])([2H])[2H])c(C)c([2H])c1C. The van der Waals surface area contributed by atoms with Gasteiger partial charge in [-0.15, -0.1) is 0 Å². The Morgan fingerprint density at radius 1 is 1.33 bits per heavy atom. The number of hydrogen-bond acceptors (Lipinski definition) is 0. The van der Waals surface area contributed by atoms with Crippen molar-refractivity contribution in [2.24, 2.45) is 0 Å². The molecule has 0 radical (unpaired) electrons. The van der Waals surface area contributed by atoms with E-state index in [0.29, 0.717) is 5.56 Å². The molecule has 0 bridgehead atoms. The highest BCUT2D eigenvalue weighted by Crippen LogP contribution is 2.07. The first-order chi connectivity index (χ1) is 6.68. The third kappa shape index (κ3) is 1.32. The molecule has 1 rings (SSSR count). The molecule has 0 aromatic heterocycles. The van der Waals surface area contributed by atoms with Gasteiger partial charge in [-0.2, -0.15) is 0 Å². The smallest absolute Gasteiger partial charge is 0.0590 e. The van der Waals surface area contributed by atoms with Gasteiger partial charge >= 0.3 is 0 Å². The molecule has 0 N–H and O–H groups in total. The van der Waals surface area contributed by atoms with Gasteiger partial charge in [0.2, 0.25) is 0 Å². The summed E-state index contributed by atoms with van der Waals surface area (Å²) >= 11 is 0. The van der Waals surface area contributed by atoms with Gasteiger partial charge in [0.25, 0.3) is 0 Å². The Bertz CT molecular complexity index is 375. The molecule has 0 unspecified atom stereocenters. The first kappa shape index (κ1) is 2.12. The van der Waals surface area contributed by atoms with Gasteiger partial charge < -0.3 is 0 Å². The van der Waals surface area contributed by atoms with Crippen LogP contribution in [0.1, 0.15) is 24.9 Å². The van der Waals surface area contributed by atoms with E-state index in [2.05, 4.69) is 0 Å². The molecule has 9 heavy (non-hydrogen) atoms. The van der Waals surface area contributed by atoms with E-state index >= 15 is 0 Å². The second-order valence-electron chi connectivity index (χ2n) is 2.00. The summed E-state index contributed by atoms with van der Waals surface area (Å²) in [5.41, 5.74) is 0.446. The lowest BCUT2D eigenvalue weighted by atomic mass is 10.1. The first-order valence-electron chi connectivity index (χ1n) is 5.75. The zero-order chi connectivity index (χ0) is 12.0. The minimum absolute atomic E-state index is 0.0436. The molecule has 0 fully saturated rings. The number of hydrogen-bond donors (Lipinski definition) is 0. The fourth-order valence-corrected chi connectivity index (χ4v) is 0.625. The van der Waals surface area contributed by atoms with E-state index in [9.17, 15) is 0 Å². The van der Waals surface area contributed by atoms with Crippen molar-refractivity contribution in [2.45, 2.75) is 20.7 Å². The van der Waals surface area contributed by atoms with Crippen LogP contribution in [-0.4, -0.2) is 0 Å². The zero-order valence-corrected chi connectivity index (χ0v) is 5.50. The van der Waals surface area contributed by atoms with Crippen molar-refractivity contribution in [3.05, 3.63) is 34.8 Å². The summed E-state index contributed by atoms with van der Waals surface area (Å²) in [7, 11) is 0. The molecular weight excluding hydrogens is 108 g/mol. The maximum Gasteiger partial charge on any atom is 0.0628 e. The summed E-state index contributed by atoms with van der Waals surface area (Å²) in [5, 5.41) is 0. The summed E-state index contributed by atoms with van der Waals surface area (Å²) in [5.74, 6) is 0. The summed E-state index contributed by atoms with van der Waals surface area (Å²) in [6, 6.07) is -0.417. The standard InChI is InChI=1S/C9H12/c1-7-4-5-8(2)9(3)6-7/h4-6H,1-3H3/i2D3,4D,5D,6D. The molecule has 0 heteroatoms. The largest absolute Gasteiger partial charge is 0.0628 e. The molecule has 0 saturated heterocycles. The maximum absolute atomic E-state index is 7.65. The molecule has 0 aliphatic carbocycles. The fraction of sp³-hybridized carbons (Fsp3) is 0.333. The fourth-order valence-electron chi connectivity index (χ4n) is 0.625. The highest BCUT2D eigenvalue weighted by molar-refractivity contribution is 5.28. The topological polar surface area (TPSA) is 0 Å². The van der Waals surface area contributed by atoms with Gasteiger partial charge in [-0.05, 0) is 31.8 Å². The second-order valence-corrected chi connectivity index (χ2v) is 2.00. The van der Waals surface area contributed by atoms with Crippen LogP contribution < -0.4 is 0 Å². The Balaban J connectivity index is 3.68. The lowest BCUT2D eigenvalue weighted by Gasteiger charge is -1.98. The van der Waals surface area contributed by atoms with E-state index in [0.717, 1.165) is 0 Å². The van der Waals surface area contributed by atoms with E-state index in [1.165, 1.54) is 6.92 Å². The van der Waals surface area contributed by atoms with Crippen molar-refractivity contribution in [3.63, 3.8) is 0 Å². The molecule has 0 heterocycles. The van der Waals surface area contributed by atoms with Crippen LogP contribution in [0.5, 0.6) is 0 Å². The first-order valence-corrected chi connectivity index (χ1v) is 2.75. The normalized spacial score (nSPS) is 20.7. The van der Waals surface area contributed by atoms with Crippen molar-refractivity contribution in [2.75, 3.05) is 0 Å². The van der Waals surface area contributed by atoms with Crippen LogP contribution in [0.2, 0.25) is 0 Å². The maximum atomic E-state index is 7.65. The van der Waals surface area contributed by atoms with Crippen LogP contribution in [0.15, 0.2) is 18.1 Å². The molecule has 0 aliphatic heterocycles. The van der Waals surface area contributed by atoms with Crippen molar-refractivity contribution in [1.82, 2.24) is 0 Å². The average molecular weight is 126 g/mol. The Labute approximate surface area is 65.0 Å². The monoisotopic (exact) mass is 126 g/mol. The van der Waals surface area contributed by atoms with Crippen molar-refractivity contribution >= 4 is 0 Å². The molecule has 0 aliphatic rings. The van der Waals surface area contributed by atoms with Crippen LogP contribution in [0.25, 0.3) is 0 Å². The Morgan fingerprint density at radius 2 is 2.11 bits per heavy atom. The Hall–Kier alpha value is -0.780. The average Bonchev–Trinajstić information content (AvgIpc) is 2.09. The third-order valence-corrected chi connectivity index (χ3v) is 1.12. The molecule has 0 atom stereocenters. The number of rotatable bonds is 0. The van der Waals surface area contributed by atoms with Crippen molar-refractivity contribution in [3.8, 4) is 0 Å². The summed E-state index contributed by atoms with van der Waals surface area (Å²) < 4.78 is 44.6. The summed E-state index contributed by atoms with van der Waals surface area (Å²) in [6.45, 7) is 0.633. The Kier molecular flexibility index (Phi) is 0.522. The highest BCUT2D eigenvalue weighted by Gasteiger charge is 1.89. The van der Waals surface area contributed by atoms with E-state index in [1.807, 2.05) is 0 Å². The third-order valence-electron chi connectivity index (χ3n) is 1.12. The van der Waals surface area contributed by atoms with Crippen LogP contribution in [0.4, 0.5) is 0 Å². The van der Waals surface area contributed by atoms with Gasteiger partial charge in [-0.3, -0.25) is 0 Å². The molecule has 0 saturated carbocycles. The molecule has 1 aromatic rings. The van der Waals surface area contributed by atoms with Crippen molar-refractivity contribution in [1.29, 1.82) is 0 Å². The number of benzene rings is 1. The van der Waals surface area contributed by atoms with Crippen LogP contribution >= 0.6 is 0 Å². The summed E-state index contributed by atoms with van der Waals surface area (Å²) in [4.78, 5) is 0. The van der Waals surface area contributed by atoms with Crippen LogP contribution in [-0.2, 0) is 0 Å². The van der Waals surface area contributed by atoms with E-state index < -0.39 is 6.85 Å².